The average Bonchev–Trinajstić information content (AvgIpc) is 2.38. The van der Waals surface area contributed by atoms with E-state index in [-0.39, 0.29) is 5.56 Å². The van der Waals surface area contributed by atoms with E-state index in [1.165, 1.54) is 4.40 Å². The number of aromatic nitrogens is 2. The van der Waals surface area contributed by atoms with Gasteiger partial charge in [-0.25, -0.2) is 4.98 Å². The topological polar surface area (TPSA) is 37.6 Å². The number of hydrogen-bond acceptors (Lipinski definition) is 3. The van der Waals surface area contributed by atoms with Crippen LogP contribution in [-0.2, 0) is 6.54 Å². The van der Waals surface area contributed by atoms with E-state index in [1.807, 2.05) is 0 Å². The summed E-state index contributed by atoms with van der Waals surface area (Å²) in [5.41, 5.74) is 1.37. The SMILES string of the molecule is CC(C)CN(Cc1cc(=O)n2cc(Cl)ccc2n1)CC(C)C. The molecule has 0 aliphatic carbocycles. The zero-order valence-electron chi connectivity index (χ0n) is 13.7. The van der Waals surface area contributed by atoms with Gasteiger partial charge in [0.1, 0.15) is 5.65 Å². The Kier molecular flexibility index (Phi) is 5.59. The molecule has 0 aliphatic rings. The molecule has 0 spiro atoms. The summed E-state index contributed by atoms with van der Waals surface area (Å²) in [6, 6.07) is 5.15. The summed E-state index contributed by atoms with van der Waals surface area (Å²) in [7, 11) is 0. The molecule has 5 heteroatoms. The highest BCUT2D eigenvalue weighted by Crippen LogP contribution is 2.11. The second-order valence-electron chi connectivity index (χ2n) is 6.64. The number of hydrogen-bond donors (Lipinski definition) is 0. The van der Waals surface area contributed by atoms with Gasteiger partial charge in [0, 0.05) is 31.9 Å². The summed E-state index contributed by atoms with van der Waals surface area (Å²) < 4.78 is 1.49. The molecule has 4 nitrogen and oxygen atoms in total. The smallest absolute Gasteiger partial charge is 0.258 e. The van der Waals surface area contributed by atoms with Crippen LogP contribution in [0.3, 0.4) is 0 Å². The van der Waals surface area contributed by atoms with Crippen LogP contribution in [0.15, 0.2) is 29.2 Å². The molecule has 2 aromatic heterocycles. The van der Waals surface area contributed by atoms with Crippen molar-refractivity contribution in [3.8, 4) is 0 Å². The van der Waals surface area contributed by atoms with E-state index in [1.54, 1.807) is 24.4 Å². The Morgan fingerprint density at radius 3 is 2.41 bits per heavy atom. The fraction of sp³-hybridized carbons (Fsp3) is 0.529. The first-order valence-electron chi connectivity index (χ1n) is 7.75. The maximum atomic E-state index is 12.2. The Bertz CT molecular complexity index is 684. The minimum absolute atomic E-state index is 0.0865. The minimum atomic E-state index is -0.0865. The first-order chi connectivity index (χ1) is 10.3. The van der Waals surface area contributed by atoms with Crippen molar-refractivity contribution >= 4 is 17.2 Å². The van der Waals surface area contributed by atoms with Crippen LogP contribution in [0, 0.1) is 11.8 Å². The summed E-state index contributed by atoms with van der Waals surface area (Å²) in [4.78, 5) is 19.2. The molecule has 0 bridgehead atoms. The van der Waals surface area contributed by atoms with Crippen LogP contribution in [0.1, 0.15) is 33.4 Å². The van der Waals surface area contributed by atoms with Gasteiger partial charge in [-0.2, -0.15) is 0 Å². The van der Waals surface area contributed by atoms with Crippen LogP contribution in [0.2, 0.25) is 5.02 Å². The largest absolute Gasteiger partial charge is 0.297 e. The Hall–Kier alpha value is -1.39. The molecule has 0 aromatic carbocycles. The normalized spacial score (nSPS) is 12.0. The molecular formula is C17H24ClN3O. The van der Waals surface area contributed by atoms with Crippen LogP contribution in [-0.4, -0.2) is 27.4 Å². The van der Waals surface area contributed by atoms with Gasteiger partial charge in [-0.15, -0.1) is 0 Å². The molecule has 0 aliphatic heterocycles. The Morgan fingerprint density at radius 2 is 1.82 bits per heavy atom. The molecule has 2 heterocycles. The monoisotopic (exact) mass is 321 g/mol. The molecule has 0 amide bonds. The van der Waals surface area contributed by atoms with Crippen molar-refractivity contribution in [3.05, 3.63) is 45.5 Å². The molecule has 0 saturated carbocycles. The van der Waals surface area contributed by atoms with E-state index in [0.29, 0.717) is 29.1 Å². The molecule has 22 heavy (non-hydrogen) atoms. The minimum Gasteiger partial charge on any atom is -0.297 e. The van der Waals surface area contributed by atoms with Crippen LogP contribution >= 0.6 is 11.6 Å². The standard InChI is InChI=1S/C17H24ClN3O/c1-12(2)8-20(9-13(3)4)11-15-7-17(22)21-10-14(18)5-6-16(21)19-15/h5-7,10,12-13H,8-9,11H2,1-4H3. The number of halogens is 1. The summed E-state index contributed by atoms with van der Waals surface area (Å²) in [5.74, 6) is 1.17. The van der Waals surface area contributed by atoms with Crippen LogP contribution in [0.5, 0.6) is 0 Å². The molecule has 2 aromatic rings. The molecule has 120 valence electrons. The first kappa shape index (κ1) is 17.0. The van der Waals surface area contributed by atoms with E-state index in [9.17, 15) is 4.79 Å². The van der Waals surface area contributed by atoms with Gasteiger partial charge in [0.2, 0.25) is 0 Å². The van der Waals surface area contributed by atoms with Crippen molar-refractivity contribution < 1.29 is 0 Å². The zero-order valence-corrected chi connectivity index (χ0v) is 14.5. The van der Waals surface area contributed by atoms with Gasteiger partial charge >= 0.3 is 0 Å². The second kappa shape index (κ2) is 7.25. The lowest BCUT2D eigenvalue weighted by Crippen LogP contribution is -2.32. The van der Waals surface area contributed by atoms with Gasteiger partial charge in [0.25, 0.3) is 5.56 Å². The lowest BCUT2D eigenvalue weighted by atomic mass is 10.1. The highest BCUT2D eigenvalue weighted by molar-refractivity contribution is 6.30. The van der Waals surface area contributed by atoms with Gasteiger partial charge in [-0.3, -0.25) is 14.1 Å². The van der Waals surface area contributed by atoms with Crippen molar-refractivity contribution in [2.75, 3.05) is 13.1 Å². The van der Waals surface area contributed by atoms with Crippen molar-refractivity contribution in [3.63, 3.8) is 0 Å². The second-order valence-corrected chi connectivity index (χ2v) is 7.08. The molecule has 2 rings (SSSR count). The Balaban J connectivity index is 2.29. The van der Waals surface area contributed by atoms with Gasteiger partial charge < -0.3 is 0 Å². The molecule has 0 fully saturated rings. The van der Waals surface area contributed by atoms with Crippen molar-refractivity contribution in [2.45, 2.75) is 34.2 Å². The summed E-state index contributed by atoms with van der Waals surface area (Å²) in [6.45, 7) is 11.5. The van der Waals surface area contributed by atoms with Crippen LogP contribution < -0.4 is 5.56 Å². The third-order valence-electron chi connectivity index (χ3n) is 3.31. The fourth-order valence-corrected chi connectivity index (χ4v) is 2.83. The first-order valence-corrected chi connectivity index (χ1v) is 8.13. The van der Waals surface area contributed by atoms with Gasteiger partial charge in [0.15, 0.2) is 0 Å². The summed E-state index contributed by atoms with van der Waals surface area (Å²) in [6.07, 6.45) is 1.61. The quantitative estimate of drug-likeness (QED) is 0.817. The third kappa shape index (κ3) is 4.55. The summed E-state index contributed by atoms with van der Waals surface area (Å²) >= 11 is 5.93. The van der Waals surface area contributed by atoms with Gasteiger partial charge in [-0.1, -0.05) is 39.3 Å². The Morgan fingerprint density at radius 1 is 1.18 bits per heavy atom. The molecule has 0 unspecified atom stereocenters. The van der Waals surface area contributed by atoms with Gasteiger partial charge in [0.05, 0.1) is 10.7 Å². The number of fused-ring (bicyclic) bond motifs is 1. The van der Waals surface area contributed by atoms with Crippen molar-refractivity contribution in [1.29, 1.82) is 0 Å². The maximum Gasteiger partial charge on any atom is 0.258 e. The highest BCUT2D eigenvalue weighted by atomic mass is 35.5. The lowest BCUT2D eigenvalue weighted by Gasteiger charge is -2.25. The molecular weight excluding hydrogens is 298 g/mol. The lowest BCUT2D eigenvalue weighted by molar-refractivity contribution is 0.209. The highest BCUT2D eigenvalue weighted by Gasteiger charge is 2.12. The summed E-state index contributed by atoms with van der Waals surface area (Å²) in [5, 5.41) is 0.533. The van der Waals surface area contributed by atoms with Crippen molar-refractivity contribution in [2.24, 2.45) is 11.8 Å². The average molecular weight is 322 g/mol. The number of nitrogens with zero attached hydrogens (tertiary/aromatic N) is 3. The molecule has 0 saturated heterocycles. The van der Waals surface area contributed by atoms with Crippen molar-refractivity contribution in [1.82, 2.24) is 14.3 Å². The van der Waals surface area contributed by atoms with Gasteiger partial charge in [-0.05, 0) is 24.0 Å². The van der Waals surface area contributed by atoms with E-state index < -0.39 is 0 Å². The van der Waals surface area contributed by atoms with E-state index in [4.69, 9.17) is 11.6 Å². The number of pyridine rings is 1. The van der Waals surface area contributed by atoms with E-state index in [0.717, 1.165) is 18.8 Å². The predicted octanol–water partition coefficient (Wildman–Crippen LogP) is 3.46. The Labute approximate surface area is 136 Å². The molecule has 0 atom stereocenters. The maximum absolute atomic E-state index is 12.2. The molecule has 0 radical (unpaired) electrons. The number of rotatable bonds is 6. The third-order valence-corrected chi connectivity index (χ3v) is 3.53. The predicted molar refractivity (Wildman–Crippen MR) is 91.4 cm³/mol. The van der Waals surface area contributed by atoms with E-state index >= 15 is 0 Å². The fourth-order valence-electron chi connectivity index (χ4n) is 2.67. The zero-order chi connectivity index (χ0) is 16.3. The molecule has 0 N–H and O–H groups in total. The van der Waals surface area contributed by atoms with E-state index in [2.05, 4.69) is 37.6 Å². The van der Waals surface area contributed by atoms with Crippen LogP contribution in [0.25, 0.3) is 5.65 Å². The van der Waals surface area contributed by atoms with Crippen LogP contribution in [0.4, 0.5) is 0 Å².